The van der Waals surface area contributed by atoms with Crippen molar-refractivity contribution in [2.45, 2.75) is 25.7 Å². The number of nitrogens with one attached hydrogen (secondary N) is 2. The third-order valence-electron chi connectivity index (χ3n) is 3.84. The SMILES string of the molecule is C=Cc1ccc(NC(=O)NCCCC(CCCN=C=O)CN=C=O)cc1. The Bertz CT molecular complexity index is 660. The summed E-state index contributed by atoms with van der Waals surface area (Å²) in [5.41, 5.74) is 1.70. The predicted octanol–water partition coefficient (Wildman–Crippen LogP) is 3.30. The molecule has 1 aromatic rings. The lowest BCUT2D eigenvalue weighted by molar-refractivity contribution is 0.251. The van der Waals surface area contributed by atoms with E-state index in [0.29, 0.717) is 25.3 Å². The molecule has 1 rings (SSSR count). The van der Waals surface area contributed by atoms with Crippen LogP contribution in [0.25, 0.3) is 6.08 Å². The van der Waals surface area contributed by atoms with Crippen molar-refractivity contribution in [2.75, 3.05) is 25.0 Å². The highest BCUT2D eigenvalue weighted by Crippen LogP contribution is 2.14. The topological polar surface area (TPSA) is 100.0 Å². The van der Waals surface area contributed by atoms with Crippen LogP contribution in [0.3, 0.4) is 0 Å². The van der Waals surface area contributed by atoms with Crippen LogP contribution in [-0.4, -0.2) is 37.8 Å². The molecule has 0 aliphatic heterocycles. The van der Waals surface area contributed by atoms with Gasteiger partial charge in [-0.2, -0.15) is 0 Å². The van der Waals surface area contributed by atoms with Gasteiger partial charge in [-0.3, -0.25) is 0 Å². The van der Waals surface area contributed by atoms with Gasteiger partial charge < -0.3 is 10.6 Å². The number of aliphatic imine (C=N–C) groups is 2. The monoisotopic (exact) mass is 356 g/mol. The molecule has 0 radical (unpaired) electrons. The number of carbonyl (C=O) groups is 1. The molecule has 7 nitrogen and oxygen atoms in total. The molecule has 138 valence electrons. The molecular formula is C19H24N4O3. The highest BCUT2D eigenvalue weighted by molar-refractivity contribution is 5.89. The highest BCUT2D eigenvalue weighted by atomic mass is 16.2. The van der Waals surface area contributed by atoms with Crippen molar-refractivity contribution in [2.24, 2.45) is 15.9 Å². The second-order valence-corrected chi connectivity index (χ2v) is 5.76. The van der Waals surface area contributed by atoms with E-state index >= 15 is 0 Å². The summed E-state index contributed by atoms with van der Waals surface area (Å²) in [7, 11) is 0. The number of hydrogen-bond donors (Lipinski definition) is 2. The van der Waals surface area contributed by atoms with E-state index in [1.165, 1.54) is 6.08 Å². The van der Waals surface area contributed by atoms with Gasteiger partial charge in [-0.1, -0.05) is 24.8 Å². The maximum atomic E-state index is 11.9. The van der Waals surface area contributed by atoms with Crippen molar-refractivity contribution in [1.29, 1.82) is 0 Å². The average molecular weight is 356 g/mol. The van der Waals surface area contributed by atoms with Crippen LogP contribution in [0.4, 0.5) is 10.5 Å². The first-order chi connectivity index (χ1) is 12.7. The fraction of sp³-hybridized carbons (Fsp3) is 0.421. The number of rotatable bonds is 12. The number of urea groups is 1. The second-order valence-electron chi connectivity index (χ2n) is 5.76. The molecule has 1 unspecified atom stereocenters. The van der Waals surface area contributed by atoms with Crippen molar-refractivity contribution in [3.05, 3.63) is 36.4 Å². The zero-order valence-corrected chi connectivity index (χ0v) is 14.7. The summed E-state index contributed by atoms with van der Waals surface area (Å²) in [5, 5.41) is 5.56. The van der Waals surface area contributed by atoms with Crippen LogP contribution in [0.2, 0.25) is 0 Å². The van der Waals surface area contributed by atoms with E-state index in [1.807, 2.05) is 24.3 Å². The van der Waals surface area contributed by atoms with Gasteiger partial charge >= 0.3 is 6.03 Å². The number of nitrogens with zero attached hydrogens (tertiary/aromatic N) is 2. The largest absolute Gasteiger partial charge is 0.338 e. The first kappa shape index (κ1) is 21.0. The van der Waals surface area contributed by atoms with Crippen LogP contribution in [0.1, 0.15) is 31.2 Å². The van der Waals surface area contributed by atoms with E-state index in [-0.39, 0.29) is 11.9 Å². The fourth-order valence-electron chi connectivity index (χ4n) is 2.47. The minimum Gasteiger partial charge on any atom is -0.338 e. The number of isocyanates is 2. The Morgan fingerprint density at radius 1 is 1.12 bits per heavy atom. The molecule has 2 amide bonds. The first-order valence-corrected chi connectivity index (χ1v) is 8.54. The summed E-state index contributed by atoms with van der Waals surface area (Å²) in [5.74, 6) is 0.203. The summed E-state index contributed by atoms with van der Waals surface area (Å²) < 4.78 is 0. The molecule has 26 heavy (non-hydrogen) atoms. The zero-order valence-electron chi connectivity index (χ0n) is 14.7. The van der Waals surface area contributed by atoms with Gasteiger partial charge in [0.15, 0.2) is 0 Å². The van der Waals surface area contributed by atoms with Crippen LogP contribution in [-0.2, 0) is 9.59 Å². The number of benzene rings is 1. The number of anilines is 1. The molecular weight excluding hydrogens is 332 g/mol. The molecule has 1 aromatic carbocycles. The van der Waals surface area contributed by atoms with Crippen LogP contribution in [0, 0.1) is 5.92 Å². The first-order valence-electron chi connectivity index (χ1n) is 8.54. The Balaban J connectivity index is 2.29. The summed E-state index contributed by atoms with van der Waals surface area (Å²) in [6, 6.07) is 7.10. The summed E-state index contributed by atoms with van der Waals surface area (Å²) in [4.78, 5) is 39.3. The van der Waals surface area contributed by atoms with Crippen molar-refractivity contribution >= 4 is 30.0 Å². The molecule has 0 heterocycles. The lowest BCUT2D eigenvalue weighted by Gasteiger charge is -2.13. The lowest BCUT2D eigenvalue weighted by Crippen LogP contribution is -2.29. The van der Waals surface area contributed by atoms with E-state index in [4.69, 9.17) is 0 Å². The van der Waals surface area contributed by atoms with Gasteiger partial charge in [-0.05, 0) is 49.3 Å². The summed E-state index contributed by atoms with van der Waals surface area (Å²) in [6.45, 7) is 5.03. The van der Waals surface area contributed by atoms with Gasteiger partial charge in [0.05, 0.1) is 13.1 Å². The molecule has 0 spiro atoms. The van der Waals surface area contributed by atoms with Crippen LogP contribution < -0.4 is 10.6 Å². The lowest BCUT2D eigenvalue weighted by atomic mass is 9.97. The molecule has 0 saturated carbocycles. The Kier molecular flexibility index (Phi) is 10.8. The number of carbonyl (C=O) groups excluding carboxylic acids is 3. The highest BCUT2D eigenvalue weighted by Gasteiger charge is 2.08. The molecule has 2 N–H and O–H groups in total. The molecule has 0 saturated heterocycles. The van der Waals surface area contributed by atoms with E-state index in [1.54, 1.807) is 12.2 Å². The van der Waals surface area contributed by atoms with Crippen molar-refractivity contribution in [3.8, 4) is 0 Å². The third kappa shape index (κ3) is 9.33. The van der Waals surface area contributed by atoms with Gasteiger partial charge in [0.2, 0.25) is 12.2 Å². The molecule has 0 aromatic heterocycles. The van der Waals surface area contributed by atoms with Gasteiger partial charge in [0.25, 0.3) is 0 Å². The van der Waals surface area contributed by atoms with Crippen LogP contribution in [0.15, 0.2) is 40.8 Å². The Hall–Kier alpha value is -3.01. The molecule has 0 bridgehead atoms. The Morgan fingerprint density at radius 2 is 1.81 bits per heavy atom. The van der Waals surface area contributed by atoms with Gasteiger partial charge in [0, 0.05) is 12.2 Å². The Morgan fingerprint density at radius 3 is 2.46 bits per heavy atom. The second kappa shape index (κ2) is 13.3. The predicted molar refractivity (Wildman–Crippen MR) is 101 cm³/mol. The third-order valence-corrected chi connectivity index (χ3v) is 3.84. The van der Waals surface area contributed by atoms with Gasteiger partial charge in [-0.25, -0.2) is 24.4 Å². The number of amides is 2. The number of hydrogen-bond acceptors (Lipinski definition) is 5. The molecule has 0 aliphatic rings. The maximum Gasteiger partial charge on any atom is 0.319 e. The summed E-state index contributed by atoms with van der Waals surface area (Å²) >= 11 is 0. The van der Waals surface area contributed by atoms with Crippen LogP contribution in [0.5, 0.6) is 0 Å². The van der Waals surface area contributed by atoms with Crippen molar-refractivity contribution in [3.63, 3.8) is 0 Å². The summed E-state index contributed by atoms with van der Waals surface area (Å²) in [6.07, 6.45) is 7.90. The normalized spacial score (nSPS) is 10.8. The van der Waals surface area contributed by atoms with Crippen molar-refractivity contribution in [1.82, 2.24) is 5.32 Å². The van der Waals surface area contributed by atoms with E-state index in [9.17, 15) is 14.4 Å². The minimum absolute atomic E-state index is 0.203. The maximum absolute atomic E-state index is 11.9. The van der Waals surface area contributed by atoms with E-state index in [0.717, 1.165) is 31.2 Å². The smallest absolute Gasteiger partial charge is 0.319 e. The minimum atomic E-state index is -0.265. The quantitative estimate of drug-likeness (QED) is 0.341. The Labute approximate surface area is 153 Å². The van der Waals surface area contributed by atoms with Crippen molar-refractivity contribution < 1.29 is 14.4 Å². The van der Waals surface area contributed by atoms with Gasteiger partial charge in [-0.15, -0.1) is 0 Å². The van der Waals surface area contributed by atoms with Gasteiger partial charge in [0.1, 0.15) is 0 Å². The van der Waals surface area contributed by atoms with E-state index < -0.39 is 0 Å². The zero-order chi connectivity index (χ0) is 19.0. The van der Waals surface area contributed by atoms with E-state index in [2.05, 4.69) is 27.2 Å². The van der Waals surface area contributed by atoms with Crippen LogP contribution >= 0.6 is 0 Å². The fourth-order valence-corrected chi connectivity index (χ4v) is 2.47. The average Bonchev–Trinajstić information content (AvgIpc) is 2.66. The molecule has 1 atom stereocenters. The standard InChI is InChI=1S/C19H24N4O3/c1-2-16-7-9-18(10-8-16)23-19(26)22-12-4-6-17(13-21-15-25)5-3-11-20-14-24/h2,7-10,17H,1,3-6,11-13H2,(H2,22,23,26). The molecule has 0 aliphatic carbocycles. The molecule has 0 fully saturated rings. The molecule has 7 heteroatoms.